The van der Waals surface area contributed by atoms with Crippen LogP contribution in [0.2, 0.25) is 0 Å². The number of benzene rings is 2. The van der Waals surface area contributed by atoms with Crippen molar-refractivity contribution in [3.8, 4) is 16.9 Å². The fourth-order valence-electron chi connectivity index (χ4n) is 3.01. The van der Waals surface area contributed by atoms with Crippen LogP contribution in [0.25, 0.3) is 17.2 Å². The molecule has 124 valence electrons. The van der Waals surface area contributed by atoms with Crippen LogP contribution in [0.5, 0.6) is 5.75 Å². The number of phenolic OH excluding ortho intramolecular Hbond substituents is 1. The fraction of sp³-hybridized carbons (Fsp3) is 0.0476. The summed E-state index contributed by atoms with van der Waals surface area (Å²) in [5.74, 6) is -0.344. The number of fused-ring (bicyclic) bond motifs is 1. The number of aromatic hydroxyl groups is 1. The number of carbonyl (C=O) groups is 2. The first kappa shape index (κ1) is 17.4. The average Bonchev–Trinajstić information content (AvgIpc) is 2.60. The molecule has 0 saturated carbocycles. The second kappa shape index (κ2) is 6.80. The van der Waals surface area contributed by atoms with Gasteiger partial charge in [-0.2, -0.15) is 0 Å². The van der Waals surface area contributed by atoms with Crippen molar-refractivity contribution in [3.63, 3.8) is 0 Å². The van der Waals surface area contributed by atoms with Gasteiger partial charge in [-0.1, -0.05) is 43.0 Å². The number of phenols is 1. The summed E-state index contributed by atoms with van der Waals surface area (Å²) in [6.45, 7) is 7.51. The molecule has 0 unspecified atom stereocenters. The minimum atomic E-state index is -0.220. The van der Waals surface area contributed by atoms with Crippen molar-refractivity contribution in [2.24, 2.45) is 0 Å². The lowest BCUT2D eigenvalue weighted by molar-refractivity contribution is 0.0993. The molecule has 0 bridgehead atoms. The van der Waals surface area contributed by atoms with Crippen LogP contribution in [0.15, 0.2) is 59.2 Å². The van der Waals surface area contributed by atoms with Crippen molar-refractivity contribution in [2.75, 3.05) is 0 Å². The van der Waals surface area contributed by atoms with Crippen LogP contribution < -0.4 is 0 Å². The van der Waals surface area contributed by atoms with E-state index in [1.165, 1.54) is 6.08 Å². The molecule has 1 aliphatic carbocycles. The van der Waals surface area contributed by atoms with Crippen LogP contribution in [0.1, 0.15) is 31.8 Å². The molecule has 0 spiro atoms. The van der Waals surface area contributed by atoms with Gasteiger partial charge in [0.25, 0.3) is 0 Å². The van der Waals surface area contributed by atoms with Gasteiger partial charge in [-0.15, -0.1) is 6.58 Å². The maximum absolute atomic E-state index is 12.8. The summed E-state index contributed by atoms with van der Waals surface area (Å²) in [5.41, 5.74) is 3.12. The van der Waals surface area contributed by atoms with Crippen LogP contribution in [0.3, 0.4) is 0 Å². The molecule has 2 aromatic rings. The van der Waals surface area contributed by atoms with Crippen LogP contribution >= 0.6 is 22.6 Å². The van der Waals surface area contributed by atoms with Gasteiger partial charge in [0.2, 0.25) is 5.78 Å². The summed E-state index contributed by atoms with van der Waals surface area (Å²) in [4.78, 5) is 25.1. The number of ketones is 2. The Morgan fingerprint density at radius 2 is 1.80 bits per heavy atom. The quantitative estimate of drug-likeness (QED) is 0.528. The SMILES string of the molecule is C=CCc1cccc(-c2c(C=C)ccc3c2C(=O)C(I)=CC3=O)c1O. The third kappa shape index (κ3) is 2.87. The molecule has 0 radical (unpaired) electrons. The van der Waals surface area contributed by atoms with E-state index in [2.05, 4.69) is 13.2 Å². The molecule has 25 heavy (non-hydrogen) atoms. The monoisotopic (exact) mass is 442 g/mol. The largest absolute Gasteiger partial charge is 0.507 e. The van der Waals surface area contributed by atoms with E-state index in [0.717, 1.165) is 0 Å². The van der Waals surface area contributed by atoms with Crippen molar-refractivity contribution in [3.05, 3.63) is 81.5 Å². The molecule has 0 atom stereocenters. The Kier molecular flexibility index (Phi) is 4.72. The number of Topliss-reactive ketones (excluding diaryl/α,β-unsaturated/α-hetero) is 1. The molecule has 3 rings (SSSR count). The zero-order valence-corrected chi connectivity index (χ0v) is 15.5. The second-order valence-corrected chi connectivity index (χ2v) is 6.81. The van der Waals surface area contributed by atoms with E-state index in [0.29, 0.717) is 43.4 Å². The minimum absolute atomic E-state index is 0.0868. The molecule has 4 heteroatoms. The van der Waals surface area contributed by atoms with Gasteiger partial charge in [-0.05, 0) is 46.2 Å². The Bertz CT molecular complexity index is 967. The van der Waals surface area contributed by atoms with E-state index in [-0.39, 0.29) is 17.3 Å². The van der Waals surface area contributed by atoms with Gasteiger partial charge in [0.1, 0.15) is 5.75 Å². The maximum Gasteiger partial charge on any atom is 0.200 e. The number of carbonyl (C=O) groups excluding carboxylic acids is 2. The third-order valence-corrected chi connectivity index (χ3v) is 4.98. The maximum atomic E-state index is 12.8. The molecule has 0 amide bonds. The Balaban J connectivity index is 2.39. The van der Waals surface area contributed by atoms with E-state index in [4.69, 9.17) is 0 Å². The number of para-hydroxylation sites is 1. The molecule has 1 aliphatic rings. The standard InChI is InChI=1S/C21H15IO3/c1-3-6-13-7-5-8-15(20(13)24)18-12(4-2)9-10-14-17(23)11-16(22)21(25)19(14)18/h3-5,7-11,24H,1-2,6H2. The summed E-state index contributed by atoms with van der Waals surface area (Å²) in [7, 11) is 0. The Morgan fingerprint density at radius 1 is 1.04 bits per heavy atom. The predicted molar refractivity (Wildman–Crippen MR) is 108 cm³/mol. The molecule has 0 aromatic heterocycles. The molecule has 0 heterocycles. The lowest BCUT2D eigenvalue weighted by Gasteiger charge is -2.20. The van der Waals surface area contributed by atoms with Crippen LogP contribution in [0.4, 0.5) is 0 Å². The molecule has 1 N–H and O–H groups in total. The highest BCUT2D eigenvalue weighted by Gasteiger charge is 2.29. The van der Waals surface area contributed by atoms with Crippen molar-refractivity contribution < 1.29 is 14.7 Å². The molecule has 3 nitrogen and oxygen atoms in total. The lowest BCUT2D eigenvalue weighted by Crippen LogP contribution is -2.16. The zero-order valence-electron chi connectivity index (χ0n) is 13.4. The summed E-state index contributed by atoms with van der Waals surface area (Å²) in [6.07, 6.45) is 5.17. The number of halogens is 1. The molecule has 0 saturated heterocycles. The van der Waals surface area contributed by atoms with Gasteiger partial charge >= 0.3 is 0 Å². The summed E-state index contributed by atoms with van der Waals surface area (Å²) < 4.78 is 0.360. The highest BCUT2D eigenvalue weighted by Crippen LogP contribution is 2.41. The van der Waals surface area contributed by atoms with Crippen molar-refractivity contribution >= 4 is 40.2 Å². The highest BCUT2D eigenvalue weighted by atomic mass is 127. The van der Waals surface area contributed by atoms with E-state index < -0.39 is 0 Å². The molecule has 2 aromatic carbocycles. The topological polar surface area (TPSA) is 54.4 Å². The Labute approximate surface area is 159 Å². The smallest absolute Gasteiger partial charge is 0.200 e. The van der Waals surface area contributed by atoms with Crippen LogP contribution in [-0.4, -0.2) is 16.7 Å². The third-order valence-electron chi connectivity index (χ3n) is 4.18. The van der Waals surface area contributed by atoms with Crippen molar-refractivity contribution in [1.29, 1.82) is 0 Å². The molecular formula is C21H15IO3. The number of hydrogen-bond donors (Lipinski definition) is 1. The van der Waals surface area contributed by atoms with E-state index in [9.17, 15) is 14.7 Å². The first-order valence-corrected chi connectivity index (χ1v) is 8.75. The normalized spacial score (nSPS) is 13.2. The van der Waals surface area contributed by atoms with Crippen molar-refractivity contribution in [2.45, 2.75) is 6.42 Å². The highest BCUT2D eigenvalue weighted by molar-refractivity contribution is 14.1. The summed E-state index contributed by atoms with van der Waals surface area (Å²) in [6, 6.07) is 8.75. The van der Waals surface area contributed by atoms with E-state index in [1.54, 1.807) is 36.4 Å². The lowest BCUT2D eigenvalue weighted by atomic mass is 9.84. The van der Waals surface area contributed by atoms with Crippen molar-refractivity contribution in [1.82, 2.24) is 0 Å². The second-order valence-electron chi connectivity index (χ2n) is 5.65. The van der Waals surface area contributed by atoms with E-state index in [1.807, 2.05) is 28.7 Å². The minimum Gasteiger partial charge on any atom is -0.507 e. The van der Waals surface area contributed by atoms with Gasteiger partial charge < -0.3 is 5.11 Å². The van der Waals surface area contributed by atoms with Gasteiger partial charge in [0.15, 0.2) is 5.78 Å². The van der Waals surface area contributed by atoms with Crippen LogP contribution in [-0.2, 0) is 6.42 Å². The number of allylic oxidation sites excluding steroid dienone is 3. The van der Waals surface area contributed by atoms with Gasteiger partial charge in [-0.25, -0.2) is 0 Å². The molecule has 0 aliphatic heterocycles. The Morgan fingerprint density at radius 3 is 2.48 bits per heavy atom. The molecular weight excluding hydrogens is 427 g/mol. The summed E-state index contributed by atoms with van der Waals surface area (Å²) in [5, 5.41) is 10.7. The van der Waals surface area contributed by atoms with Gasteiger partial charge in [-0.3, -0.25) is 9.59 Å². The number of rotatable bonds is 4. The number of hydrogen-bond acceptors (Lipinski definition) is 3. The van der Waals surface area contributed by atoms with E-state index >= 15 is 0 Å². The van der Waals surface area contributed by atoms with Gasteiger partial charge in [0, 0.05) is 28.3 Å². The fourth-order valence-corrected chi connectivity index (χ4v) is 3.56. The molecule has 0 fully saturated rings. The Hall–Kier alpha value is -2.47. The summed E-state index contributed by atoms with van der Waals surface area (Å²) >= 11 is 1.87. The van der Waals surface area contributed by atoms with Crippen LogP contribution in [0, 0.1) is 0 Å². The first-order valence-electron chi connectivity index (χ1n) is 7.67. The average molecular weight is 442 g/mol. The predicted octanol–water partition coefficient (Wildman–Crippen LogP) is 5.13. The first-order chi connectivity index (χ1) is 12.0. The zero-order chi connectivity index (χ0) is 18.1. The van der Waals surface area contributed by atoms with Gasteiger partial charge in [0.05, 0.1) is 3.58 Å².